The van der Waals surface area contributed by atoms with E-state index in [2.05, 4.69) is 10.2 Å². The van der Waals surface area contributed by atoms with Crippen LogP contribution in [0.2, 0.25) is 5.02 Å². The molecule has 0 aliphatic rings. The van der Waals surface area contributed by atoms with E-state index in [-0.39, 0.29) is 12.5 Å². The van der Waals surface area contributed by atoms with Crippen LogP contribution in [0.1, 0.15) is 21.8 Å². The van der Waals surface area contributed by atoms with Gasteiger partial charge in [0.25, 0.3) is 5.89 Å². The second-order valence-corrected chi connectivity index (χ2v) is 6.58. The van der Waals surface area contributed by atoms with Crippen LogP contribution in [0.25, 0.3) is 11.5 Å². The second kappa shape index (κ2) is 7.72. The van der Waals surface area contributed by atoms with Gasteiger partial charge < -0.3 is 9.15 Å². The van der Waals surface area contributed by atoms with Gasteiger partial charge in [-0.2, -0.15) is 0 Å². The Hall–Kier alpha value is -2.31. The molecule has 0 spiro atoms. The fraction of sp³-hybridized carbons (Fsp3) is 0.167. The molecule has 0 N–H and O–H groups in total. The zero-order valence-electron chi connectivity index (χ0n) is 13.7. The topological polar surface area (TPSA) is 65.2 Å². The van der Waals surface area contributed by atoms with Crippen molar-refractivity contribution in [1.82, 2.24) is 10.2 Å². The van der Waals surface area contributed by atoms with Crippen LogP contribution in [0.15, 0.2) is 51.8 Å². The van der Waals surface area contributed by atoms with Crippen LogP contribution in [0, 0.1) is 6.92 Å². The monoisotopic (exact) mass is 374 g/mol. The van der Waals surface area contributed by atoms with Crippen LogP contribution in [-0.4, -0.2) is 22.4 Å². The summed E-state index contributed by atoms with van der Waals surface area (Å²) < 4.78 is 10.8. The molecule has 2 aromatic carbocycles. The molecule has 0 unspecified atom stereocenters. The first-order valence-electron chi connectivity index (χ1n) is 7.47. The van der Waals surface area contributed by atoms with E-state index in [1.165, 1.54) is 11.8 Å². The molecule has 3 rings (SSSR count). The standard InChI is InChI=1S/C18H15ClN2O3S/c1-11-4-3-5-12(8-11)17-21-20-16(24-17)10-23-18(22)14-9-13(25-2)6-7-15(14)19/h3-9H,10H2,1-2H3. The maximum absolute atomic E-state index is 12.2. The van der Waals surface area contributed by atoms with E-state index in [1.807, 2.05) is 43.5 Å². The number of esters is 1. The van der Waals surface area contributed by atoms with Gasteiger partial charge in [-0.05, 0) is 43.5 Å². The minimum Gasteiger partial charge on any atom is -0.452 e. The second-order valence-electron chi connectivity index (χ2n) is 5.29. The summed E-state index contributed by atoms with van der Waals surface area (Å²) in [6.07, 6.45) is 1.92. The molecule has 0 aliphatic heterocycles. The lowest BCUT2D eigenvalue weighted by molar-refractivity contribution is 0.0438. The van der Waals surface area contributed by atoms with Crippen molar-refractivity contribution in [2.24, 2.45) is 0 Å². The highest BCUT2D eigenvalue weighted by molar-refractivity contribution is 7.98. The first-order chi connectivity index (χ1) is 12.1. The molecule has 5 nitrogen and oxygen atoms in total. The van der Waals surface area contributed by atoms with Crippen LogP contribution >= 0.6 is 23.4 Å². The number of hydrogen-bond donors (Lipinski definition) is 0. The summed E-state index contributed by atoms with van der Waals surface area (Å²) in [5, 5.41) is 8.24. The normalized spacial score (nSPS) is 10.7. The molecule has 1 aromatic heterocycles. The number of nitrogens with zero attached hydrogens (tertiary/aromatic N) is 2. The molecule has 3 aromatic rings. The van der Waals surface area contributed by atoms with E-state index in [1.54, 1.807) is 12.1 Å². The van der Waals surface area contributed by atoms with Crippen molar-refractivity contribution < 1.29 is 13.9 Å². The highest BCUT2D eigenvalue weighted by atomic mass is 35.5. The quantitative estimate of drug-likeness (QED) is 0.473. The summed E-state index contributed by atoms with van der Waals surface area (Å²) in [5.74, 6) is 0.0790. The van der Waals surface area contributed by atoms with Crippen molar-refractivity contribution >= 4 is 29.3 Å². The third-order valence-electron chi connectivity index (χ3n) is 3.45. The molecular formula is C18H15ClN2O3S. The highest BCUT2D eigenvalue weighted by Crippen LogP contribution is 2.24. The average Bonchev–Trinajstić information content (AvgIpc) is 3.09. The molecule has 128 valence electrons. The first kappa shape index (κ1) is 17.5. The molecule has 1 heterocycles. The maximum atomic E-state index is 12.2. The first-order valence-corrected chi connectivity index (χ1v) is 9.07. The van der Waals surface area contributed by atoms with Gasteiger partial charge >= 0.3 is 5.97 Å². The van der Waals surface area contributed by atoms with Crippen LogP contribution in [0.4, 0.5) is 0 Å². The number of ether oxygens (including phenoxy) is 1. The lowest BCUT2D eigenvalue weighted by Crippen LogP contribution is -2.06. The van der Waals surface area contributed by atoms with Crippen molar-refractivity contribution in [3.05, 3.63) is 64.5 Å². The molecule has 0 aliphatic carbocycles. The Bertz CT molecular complexity index is 911. The van der Waals surface area contributed by atoms with E-state index in [4.69, 9.17) is 20.8 Å². The van der Waals surface area contributed by atoms with Gasteiger partial charge in [-0.15, -0.1) is 22.0 Å². The number of carbonyl (C=O) groups excluding carboxylic acids is 1. The zero-order chi connectivity index (χ0) is 17.8. The minimum atomic E-state index is -0.531. The maximum Gasteiger partial charge on any atom is 0.340 e. The number of halogens is 1. The fourth-order valence-electron chi connectivity index (χ4n) is 2.20. The average molecular weight is 375 g/mol. The third kappa shape index (κ3) is 4.21. The number of rotatable bonds is 5. The molecule has 0 saturated carbocycles. The predicted octanol–water partition coefficient (Wildman–Crippen LogP) is 4.78. The van der Waals surface area contributed by atoms with E-state index >= 15 is 0 Å². The van der Waals surface area contributed by atoms with Crippen molar-refractivity contribution in [3.8, 4) is 11.5 Å². The van der Waals surface area contributed by atoms with Gasteiger partial charge in [0.1, 0.15) is 0 Å². The van der Waals surface area contributed by atoms with Crippen molar-refractivity contribution in [2.75, 3.05) is 6.26 Å². The van der Waals surface area contributed by atoms with Gasteiger partial charge in [0, 0.05) is 10.5 Å². The Morgan fingerprint density at radius 3 is 2.84 bits per heavy atom. The smallest absolute Gasteiger partial charge is 0.340 e. The van der Waals surface area contributed by atoms with Gasteiger partial charge in [0.05, 0.1) is 10.6 Å². The molecule has 0 saturated heterocycles. The number of aryl methyl sites for hydroxylation is 1. The number of aromatic nitrogens is 2. The Labute approximate surface area is 154 Å². The minimum absolute atomic E-state index is 0.114. The summed E-state index contributed by atoms with van der Waals surface area (Å²) in [4.78, 5) is 13.1. The molecule has 0 amide bonds. The lowest BCUT2D eigenvalue weighted by atomic mass is 10.1. The summed E-state index contributed by atoms with van der Waals surface area (Å²) in [7, 11) is 0. The Kier molecular flexibility index (Phi) is 5.40. The number of benzene rings is 2. The van der Waals surface area contributed by atoms with Gasteiger partial charge in [0.15, 0.2) is 6.61 Å². The molecule has 0 radical (unpaired) electrons. The van der Waals surface area contributed by atoms with Gasteiger partial charge in [-0.3, -0.25) is 0 Å². The van der Waals surface area contributed by atoms with Gasteiger partial charge in [-0.1, -0.05) is 29.3 Å². The SMILES string of the molecule is CSc1ccc(Cl)c(C(=O)OCc2nnc(-c3cccc(C)c3)o2)c1. The van der Waals surface area contributed by atoms with E-state index in [0.717, 1.165) is 16.0 Å². The highest BCUT2D eigenvalue weighted by Gasteiger charge is 2.15. The molecule has 25 heavy (non-hydrogen) atoms. The Morgan fingerprint density at radius 1 is 1.24 bits per heavy atom. The zero-order valence-corrected chi connectivity index (χ0v) is 15.2. The van der Waals surface area contributed by atoms with Crippen LogP contribution < -0.4 is 0 Å². The summed E-state index contributed by atoms with van der Waals surface area (Å²) >= 11 is 7.59. The van der Waals surface area contributed by atoms with Crippen molar-refractivity contribution in [1.29, 1.82) is 0 Å². The Balaban J connectivity index is 1.69. The number of hydrogen-bond acceptors (Lipinski definition) is 6. The fourth-order valence-corrected chi connectivity index (χ4v) is 2.83. The van der Waals surface area contributed by atoms with Crippen LogP contribution in [0.3, 0.4) is 0 Å². The van der Waals surface area contributed by atoms with Crippen molar-refractivity contribution in [2.45, 2.75) is 18.4 Å². The number of thioether (sulfide) groups is 1. The van der Waals surface area contributed by atoms with E-state index < -0.39 is 5.97 Å². The number of carbonyl (C=O) groups is 1. The predicted molar refractivity (Wildman–Crippen MR) is 96.8 cm³/mol. The largest absolute Gasteiger partial charge is 0.452 e. The van der Waals surface area contributed by atoms with E-state index in [9.17, 15) is 4.79 Å². The van der Waals surface area contributed by atoms with Crippen LogP contribution in [-0.2, 0) is 11.3 Å². The third-order valence-corrected chi connectivity index (χ3v) is 4.51. The molecule has 0 atom stereocenters. The van der Waals surface area contributed by atoms with Crippen LogP contribution in [0.5, 0.6) is 0 Å². The van der Waals surface area contributed by atoms with E-state index in [0.29, 0.717) is 16.5 Å². The van der Waals surface area contributed by atoms with Gasteiger partial charge in [-0.25, -0.2) is 4.79 Å². The lowest BCUT2D eigenvalue weighted by Gasteiger charge is -2.06. The molecular weight excluding hydrogens is 360 g/mol. The summed E-state index contributed by atoms with van der Waals surface area (Å²) in [5.41, 5.74) is 2.22. The molecule has 0 fully saturated rings. The summed E-state index contributed by atoms with van der Waals surface area (Å²) in [6.45, 7) is 1.87. The van der Waals surface area contributed by atoms with Gasteiger partial charge in [0.2, 0.25) is 5.89 Å². The molecule has 0 bridgehead atoms. The summed E-state index contributed by atoms with van der Waals surface area (Å²) in [6, 6.07) is 12.9. The molecule has 7 heteroatoms. The Morgan fingerprint density at radius 2 is 2.08 bits per heavy atom. The van der Waals surface area contributed by atoms with Crippen molar-refractivity contribution in [3.63, 3.8) is 0 Å².